The van der Waals surface area contributed by atoms with Crippen molar-refractivity contribution in [1.82, 2.24) is 10.3 Å². The standard InChI is InChI=1S/C10H13ClN4O3/c11-7-4-15-8(12)3-6(7)10(17)14-1-2-18-5-9(13)16/h3-4H,1-2,5H2,(H2,12,15)(H2,13,16)(H,14,17). The topological polar surface area (TPSA) is 120 Å². The molecule has 2 amide bonds. The fraction of sp³-hybridized carbons (Fsp3) is 0.300. The van der Waals surface area contributed by atoms with Crippen LogP contribution in [0.1, 0.15) is 10.4 Å². The Balaban J connectivity index is 2.41. The van der Waals surface area contributed by atoms with Gasteiger partial charge in [0.15, 0.2) is 0 Å². The minimum atomic E-state index is -0.564. The molecule has 1 rings (SSSR count). The summed E-state index contributed by atoms with van der Waals surface area (Å²) < 4.78 is 4.88. The molecule has 1 aromatic heterocycles. The number of hydrogen-bond acceptors (Lipinski definition) is 5. The highest BCUT2D eigenvalue weighted by Gasteiger charge is 2.10. The zero-order chi connectivity index (χ0) is 13.5. The summed E-state index contributed by atoms with van der Waals surface area (Å²) in [6.45, 7) is 0.219. The van der Waals surface area contributed by atoms with Gasteiger partial charge < -0.3 is 21.5 Å². The van der Waals surface area contributed by atoms with Crippen molar-refractivity contribution in [3.05, 3.63) is 22.8 Å². The van der Waals surface area contributed by atoms with Crippen LogP contribution in [0.3, 0.4) is 0 Å². The Morgan fingerprint density at radius 1 is 1.50 bits per heavy atom. The van der Waals surface area contributed by atoms with E-state index in [9.17, 15) is 9.59 Å². The van der Waals surface area contributed by atoms with Gasteiger partial charge in [0.05, 0.1) is 17.2 Å². The largest absolute Gasteiger partial charge is 0.384 e. The molecule has 0 aromatic carbocycles. The van der Waals surface area contributed by atoms with Crippen LogP contribution in [0.2, 0.25) is 5.02 Å². The average Bonchev–Trinajstić information content (AvgIpc) is 2.31. The highest BCUT2D eigenvalue weighted by atomic mass is 35.5. The molecule has 8 heteroatoms. The molecule has 0 unspecified atom stereocenters. The quantitative estimate of drug-likeness (QED) is 0.606. The van der Waals surface area contributed by atoms with E-state index in [0.717, 1.165) is 0 Å². The lowest BCUT2D eigenvalue weighted by Gasteiger charge is -2.07. The molecular weight excluding hydrogens is 260 g/mol. The van der Waals surface area contributed by atoms with Crippen LogP contribution < -0.4 is 16.8 Å². The van der Waals surface area contributed by atoms with Gasteiger partial charge >= 0.3 is 0 Å². The molecule has 0 atom stereocenters. The molecule has 0 aliphatic rings. The van der Waals surface area contributed by atoms with Crippen molar-refractivity contribution in [1.29, 1.82) is 0 Å². The summed E-state index contributed by atoms with van der Waals surface area (Å²) in [5.74, 6) is -0.752. The molecule has 18 heavy (non-hydrogen) atoms. The number of carbonyl (C=O) groups excluding carboxylic acids is 2. The van der Waals surface area contributed by atoms with Gasteiger partial charge in [-0.1, -0.05) is 11.6 Å². The summed E-state index contributed by atoms with van der Waals surface area (Å²) in [6, 6.07) is 1.38. The smallest absolute Gasteiger partial charge is 0.253 e. The third-order valence-corrected chi connectivity index (χ3v) is 2.20. The van der Waals surface area contributed by atoms with E-state index in [0.29, 0.717) is 0 Å². The van der Waals surface area contributed by atoms with Crippen LogP contribution in [0.15, 0.2) is 12.3 Å². The molecular formula is C10H13ClN4O3. The van der Waals surface area contributed by atoms with Crippen molar-refractivity contribution in [2.24, 2.45) is 5.73 Å². The maximum Gasteiger partial charge on any atom is 0.253 e. The minimum Gasteiger partial charge on any atom is -0.384 e. The first kappa shape index (κ1) is 14.2. The fourth-order valence-electron chi connectivity index (χ4n) is 1.13. The zero-order valence-electron chi connectivity index (χ0n) is 9.48. The first-order valence-corrected chi connectivity index (χ1v) is 5.43. The fourth-order valence-corrected chi connectivity index (χ4v) is 1.32. The van der Waals surface area contributed by atoms with Crippen LogP contribution in [0.4, 0.5) is 5.82 Å². The number of hydrogen-bond donors (Lipinski definition) is 3. The molecule has 1 aromatic rings. The summed E-state index contributed by atoms with van der Waals surface area (Å²) in [5, 5.41) is 2.77. The summed E-state index contributed by atoms with van der Waals surface area (Å²) in [4.78, 5) is 25.8. The number of halogens is 1. The van der Waals surface area contributed by atoms with Gasteiger partial charge in [-0.25, -0.2) is 4.98 Å². The van der Waals surface area contributed by atoms with Gasteiger partial charge in [-0.15, -0.1) is 0 Å². The maximum atomic E-state index is 11.7. The molecule has 7 nitrogen and oxygen atoms in total. The number of aromatic nitrogens is 1. The van der Waals surface area contributed by atoms with Crippen molar-refractivity contribution in [2.45, 2.75) is 0 Å². The number of nitrogens with zero attached hydrogens (tertiary/aromatic N) is 1. The van der Waals surface area contributed by atoms with Gasteiger partial charge in [-0.3, -0.25) is 9.59 Å². The van der Waals surface area contributed by atoms with E-state index in [1.165, 1.54) is 12.3 Å². The predicted octanol–water partition coefficient (Wildman–Crippen LogP) is -0.451. The molecule has 0 spiro atoms. The van der Waals surface area contributed by atoms with Gasteiger partial charge in [0, 0.05) is 12.7 Å². The number of rotatable bonds is 6. The third-order valence-electron chi connectivity index (χ3n) is 1.90. The van der Waals surface area contributed by atoms with Crippen LogP contribution in [-0.2, 0) is 9.53 Å². The molecule has 0 aliphatic carbocycles. The number of nitrogen functional groups attached to an aromatic ring is 1. The van der Waals surface area contributed by atoms with Crippen LogP contribution in [-0.4, -0.2) is 36.6 Å². The number of primary amides is 1. The molecule has 5 N–H and O–H groups in total. The number of amides is 2. The zero-order valence-corrected chi connectivity index (χ0v) is 10.2. The Morgan fingerprint density at radius 3 is 2.89 bits per heavy atom. The van der Waals surface area contributed by atoms with E-state index in [2.05, 4.69) is 10.3 Å². The number of ether oxygens (including phenoxy) is 1. The van der Waals surface area contributed by atoms with Crippen LogP contribution in [0.25, 0.3) is 0 Å². The second-order valence-electron chi connectivity index (χ2n) is 3.36. The average molecular weight is 273 g/mol. The number of nitrogens with two attached hydrogens (primary N) is 2. The lowest BCUT2D eigenvalue weighted by molar-refractivity contribution is -0.122. The Bertz CT molecular complexity index is 453. The van der Waals surface area contributed by atoms with Gasteiger partial charge in [0.2, 0.25) is 5.91 Å². The van der Waals surface area contributed by atoms with Crippen molar-refractivity contribution in [3.63, 3.8) is 0 Å². The Labute approximate surface area is 108 Å². The van der Waals surface area contributed by atoms with Crippen molar-refractivity contribution in [2.75, 3.05) is 25.5 Å². The summed E-state index contributed by atoms with van der Waals surface area (Å²) >= 11 is 5.80. The van der Waals surface area contributed by atoms with E-state index in [-0.39, 0.29) is 36.2 Å². The highest BCUT2D eigenvalue weighted by molar-refractivity contribution is 6.33. The molecule has 1 heterocycles. The molecule has 0 fully saturated rings. The lowest BCUT2D eigenvalue weighted by atomic mass is 10.2. The van der Waals surface area contributed by atoms with Crippen LogP contribution >= 0.6 is 11.6 Å². The molecule has 0 bridgehead atoms. The van der Waals surface area contributed by atoms with E-state index < -0.39 is 11.8 Å². The Hall–Kier alpha value is -1.86. The maximum absolute atomic E-state index is 11.7. The Kier molecular flexibility index (Phi) is 5.34. The van der Waals surface area contributed by atoms with Gasteiger partial charge in [0.1, 0.15) is 12.4 Å². The number of nitrogens with one attached hydrogen (secondary N) is 1. The normalized spacial score (nSPS) is 10.1. The summed E-state index contributed by atoms with van der Waals surface area (Å²) in [7, 11) is 0. The second kappa shape index (κ2) is 6.77. The van der Waals surface area contributed by atoms with Crippen LogP contribution in [0, 0.1) is 0 Å². The van der Waals surface area contributed by atoms with E-state index in [4.69, 9.17) is 27.8 Å². The predicted molar refractivity (Wildman–Crippen MR) is 66.0 cm³/mol. The van der Waals surface area contributed by atoms with Gasteiger partial charge in [-0.2, -0.15) is 0 Å². The molecule has 0 saturated carbocycles. The molecule has 98 valence electrons. The van der Waals surface area contributed by atoms with Gasteiger partial charge in [0.25, 0.3) is 5.91 Å². The van der Waals surface area contributed by atoms with E-state index in [1.807, 2.05) is 0 Å². The SMILES string of the molecule is NC(=O)COCCNC(=O)c1cc(N)ncc1Cl. The third kappa shape index (κ3) is 4.56. The first-order chi connectivity index (χ1) is 8.50. The summed E-state index contributed by atoms with van der Waals surface area (Å²) in [5.41, 5.74) is 10.6. The van der Waals surface area contributed by atoms with Crippen LogP contribution in [0.5, 0.6) is 0 Å². The van der Waals surface area contributed by atoms with Crippen molar-refractivity contribution >= 4 is 29.2 Å². The highest BCUT2D eigenvalue weighted by Crippen LogP contribution is 2.15. The van der Waals surface area contributed by atoms with Gasteiger partial charge in [-0.05, 0) is 6.07 Å². The minimum absolute atomic E-state index is 0.173. The van der Waals surface area contributed by atoms with E-state index >= 15 is 0 Å². The van der Waals surface area contributed by atoms with Crippen molar-refractivity contribution in [3.8, 4) is 0 Å². The van der Waals surface area contributed by atoms with E-state index in [1.54, 1.807) is 0 Å². The second-order valence-corrected chi connectivity index (χ2v) is 3.77. The Morgan fingerprint density at radius 2 is 2.22 bits per heavy atom. The molecule has 0 saturated heterocycles. The first-order valence-electron chi connectivity index (χ1n) is 5.06. The molecule has 0 aliphatic heterocycles. The number of anilines is 1. The molecule has 0 radical (unpaired) electrons. The number of carbonyl (C=O) groups is 2. The number of pyridine rings is 1. The lowest BCUT2D eigenvalue weighted by Crippen LogP contribution is -2.29. The summed E-state index contributed by atoms with van der Waals surface area (Å²) in [6.07, 6.45) is 1.30. The van der Waals surface area contributed by atoms with Crippen molar-refractivity contribution < 1.29 is 14.3 Å². The monoisotopic (exact) mass is 272 g/mol.